The minimum absolute atomic E-state index is 0.158. The van der Waals surface area contributed by atoms with E-state index in [-0.39, 0.29) is 24.9 Å². The molecule has 158 valence electrons. The first-order valence-electron chi connectivity index (χ1n) is 10.0. The molecule has 0 aromatic carbocycles. The fraction of sp³-hybridized carbons (Fsp3) is 0.550. The van der Waals surface area contributed by atoms with E-state index in [9.17, 15) is 8.78 Å². The first-order chi connectivity index (χ1) is 14.3. The molecular weight excluding hydrogens is 392 g/mol. The Morgan fingerprint density at radius 2 is 1.87 bits per heavy atom. The molecule has 2 fully saturated rings. The van der Waals surface area contributed by atoms with Gasteiger partial charge in [-0.05, 0) is 13.8 Å². The quantitative estimate of drug-likeness (QED) is 0.651. The van der Waals surface area contributed by atoms with Crippen LogP contribution in [0.25, 0.3) is 11.2 Å². The van der Waals surface area contributed by atoms with Gasteiger partial charge in [0.1, 0.15) is 11.6 Å². The summed E-state index contributed by atoms with van der Waals surface area (Å²) in [5.41, 5.74) is 4.06. The Morgan fingerprint density at radius 3 is 2.57 bits per heavy atom. The van der Waals surface area contributed by atoms with Crippen molar-refractivity contribution in [1.82, 2.24) is 29.7 Å². The molecule has 0 amide bonds. The Kier molecular flexibility index (Phi) is 4.42. The molecule has 1 saturated carbocycles. The van der Waals surface area contributed by atoms with Crippen LogP contribution in [0.5, 0.6) is 0 Å². The van der Waals surface area contributed by atoms with E-state index in [1.807, 2.05) is 32.0 Å². The summed E-state index contributed by atoms with van der Waals surface area (Å²) < 4.78 is 34.8. The molecule has 0 radical (unpaired) electrons. The summed E-state index contributed by atoms with van der Waals surface area (Å²) in [4.78, 5) is 20.6. The normalized spacial score (nSPS) is 21.8. The maximum absolute atomic E-state index is 13.6. The lowest BCUT2D eigenvalue weighted by Gasteiger charge is -2.36. The number of hydrogen-bond acceptors (Lipinski definition) is 7. The van der Waals surface area contributed by atoms with Gasteiger partial charge in [-0.3, -0.25) is 4.68 Å². The number of aryl methyl sites for hydroxylation is 3. The van der Waals surface area contributed by atoms with Crippen LogP contribution in [-0.4, -0.2) is 55.3 Å². The zero-order valence-electron chi connectivity index (χ0n) is 17.1. The van der Waals surface area contributed by atoms with Gasteiger partial charge in [0.25, 0.3) is 0 Å². The second-order valence-corrected chi connectivity index (χ2v) is 8.19. The molecule has 1 aliphatic carbocycles. The molecule has 3 aromatic rings. The van der Waals surface area contributed by atoms with Crippen LogP contribution in [0, 0.1) is 13.8 Å². The summed E-state index contributed by atoms with van der Waals surface area (Å²) in [6.07, 6.45) is 3.13. The van der Waals surface area contributed by atoms with Crippen molar-refractivity contribution in [1.29, 1.82) is 0 Å². The van der Waals surface area contributed by atoms with Crippen LogP contribution in [0.1, 0.15) is 47.5 Å². The van der Waals surface area contributed by atoms with E-state index in [2.05, 4.69) is 20.1 Å². The minimum Gasteiger partial charge on any atom is -0.370 e. The van der Waals surface area contributed by atoms with Crippen LogP contribution in [0.2, 0.25) is 0 Å². The molecule has 0 spiro atoms. The van der Waals surface area contributed by atoms with E-state index in [1.165, 1.54) is 0 Å². The number of alkyl halides is 2. The molecule has 10 heteroatoms. The fourth-order valence-electron chi connectivity index (χ4n) is 4.04. The molecule has 4 heterocycles. The number of morpholine rings is 1. The topological polar surface area (TPSA) is 81.9 Å². The van der Waals surface area contributed by atoms with Crippen molar-refractivity contribution in [3.8, 4) is 0 Å². The van der Waals surface area contributed by atoms with Gasteiger partial charge >= 0.3 is 0 Å². The van der Waals surface area contributed by atoms with Crippen LogP contribution < -0.4 is 4.90 Å². The largest absolute Gasteiger partial charge is 0.370 e. The van der Waals surface area contributed by atoms with Crippen LogP contribution in [0.15, 0.2) is 12.4 Å². The number of aromatic nitrogens is 6. The molecule has 1 aliphatic heterocycles. The van der Waals surface area contributed by atoms with Crippen molar-refractivity contribution in [3.05, 3.63) is 35.0 Å². The maximum Gasteiger partial charge on any atom is 0.249 e. The average Bonchev–Trinajstić information content (AvgIpc) is 3.13. The Balaban J connectivity index is 1.53. The van der Waals surface area contributed by atoms with Crippen LogP contribution in [-0.2, 0) is 11.8 Å². The fourth-order valence-corrected chi connectivity index (χ4v) is 4.04. The molecule has 5 rings (SSSR count). The highest BCUT2D eigenvalue weighted by Crippen LogP contribution is 2.49. The number of ether oxygens (including phenoxy) is 1. The molecule has 1 atom stereocenters. The molecule has 1 unspecified atom stereocenters. The van der Waals surface area contributed by atoms with Gasteiger partial charge in [0, 0.05) is 44.1 Å². The van der Waals surface area contributed by atoms with Crippen molar-refractivity contribution in [2.24, 2.45) is 7.05 Å². The lowest BCUT2D eigenvalue weighted by atomic mass is 9.78. The van der Waals surface area contributed by atoms with Crippen molar-refractivity contribution >= 4 is 17.1 Å². The summed E-state index contributed by atoms with van der Waals surface area (Å²) in [6, 6.07) is 0. The summed E-state index contributed by atoms with van der Waals surface area (Å²) in [7, 11) is 1.86. The van der Waals surface area contributed by atoms with Crippen LogP contribution >= 0.6 is 0 Å². The third-order valence-electron chi connectivity index (χ3n) is 5.88. The third kappa shape index (κ3) is 3.38. The lowest BCUT2D eigenvalue weighted by molar-refractivity contribution is -0.0873. The highest BCUT2D eigenvalue weighted by atomic mass is 19.3. The number of anilines is 1. The monoisotopic (exact) mass is 415 g/mol. The van der Waals surface area contributed by atoms with E-state index < -0.39 is 5.92 Å². The second-order valence-electron chi connectivity index (χ2n) is 8.19. The molecular formula is C20H23F2N7O. The van der Waals surface area contributed by atoms with Crippen molar-refractivity contribution in [3.63, 3.8) is 0 Å². The smallest absolute Gasteiger partial charge is 0.249 e. The average molecular weight is 415 g/mol. The number of nitrogens with zero attached hydrogens (tertiary/aromatic N) is 7. The first kappa shape index (κ1) is 19.2. The van der Waals surface area contributed by atoms with Crippen LogP contribution in [0.3, 0.4) is 0 Å². The zero-order chi connectivity index (χ0) is 21.0. The predicted octanol–water partition coefficient (Wildman–Crippen LogP) is 2.86. The number of halogens is 2. The Bertz CT molecular complexity index is 1110. The van der Waals surface area contributed by atoms with Crippen molar-refractivity contribution in [2.75, 3.05) is 24.6 Å². The molecule has 3 aromatic heterocycles. The van der Waals surface area contributed by atoms with Crippen LogP contribution in [0.4, 0.5) is 14.7 Å². The molecule has 0 N–H and O–H groups in total. The van der Waals surface area contributed by atoms with Crippen molar-refractivity contribution in [2.45, 2.75) is 44.6 Å². The highest BCUT2D eigenvalue weighted by molar-refractivity contribution is 5.75. The van der Waals surface area contributed by atoms with E-state index in [4.69, 9.17) is 9.72 Å². The van der Waals surface area contributed by atoms with E-state index >= 15 is 0 Å². The molecule has 30 heavy (non-hydrogen) atoms. The zero-order valence-corrected chi connectivity index (χ0v) is 17.1. The van der Waals surface area contributed by atoms with E-state index in [0.29, 0.717) is 42.5 Å². The minimum atomic E-state index is -2.64. The van der Waals surface area contributed by atoms with Gasteiger partial charge < -0.3 is 9.64 Å². The van der Waals surface area contributed by atoms with Gasteiger partial charge in [0.05, 0.1) is 36.4 Å². The SMILES string of the molecule is Cc1nc2nc(N3CCOC(c4cnn(C)c4)C3)nc(C3CC(F)(F)C3)c2nc1C. The summed E-state index contributed by atoms with van der Waals surface area (Å²) in [5, 5.41) is 4.22. The van der Waals surface area contributed by atoms with Crippen molar-refractivity contribution < 1.29 is 13.5 Å². The number of rotatable bonds is 3. The lowest BCUT2D eigenvalue weighted by Crippen LogP contribution is -2.40. The highest BCUT2D eigenvalue weighted by Gasteiger charge is 2.47. The van der Waals surface area contributed by atoms with Gasteiger partial charge in [0.15, 0.2) is 5.65 Å². The predicted molar refractivity (Wildman–Crippen MR) is 106 cm³/mol. The maximum atomic E-state index is 13.6. The summed E-state index contributed by atoms with van der Waals surface area (Å²) in [6.45, 7) is 5.40. The summed E-state index contributed by atoms with van der Waals surface area (Å²) in [5.74, 6) is -2.49. The van der Waals surface area contributed by atoms with E-state index in [0.717, 1.165) is 17.0 Å². The van der Waals surface area contributed by atoms with Gasteiger partial charge in [-0.25, -0.2) is 23.7 Å². The van der Waals surface area contributed by atoms with Gasteiger partial charge in [-0.15, -0.1) is 0 Å². The molecule has 2 aliphatic rings. The first-order valence-corrected chi connectivity index (χ1v) is 10.0. The van der Waals surface area contributed by atoms with E-state index in [1.54, 1.807) is 10.9 Å². The summed E-state index contributed by atoms with van der Waals surface area (Å²) >= 11 is 0. The second kappa shape index (κ2) is 6.90. The van der Waals surface area contributed by atoms with Gasteiger partial charge in [-0.1, -0.05) is 0 Å². The standard InChI is InChI=1S/C20H23F2N7O/c1-11-12(2)25-18-17(24-11)16(13-6-20(21,22)7-13)26-19(27-18)29-4-5-30-15(10-29)14-8-23-28(3)9-14/h8-9,13,15H,4-7,10H2,1-3H3. The van der Waals surface area contributed by atoms with Gasteiger partial charge in [0.2, 0.25) is 11.9 Å². The number of hydrogen-bond donors (Lipinski definition) is 0. The Labute approximate surface area is 172 Å². The van der Waals surface area contributed by atoms with Gasteiger partial charge in [-0.2, -0.15) is 10.1 Å². The Hall–Kier alpha value is -2.75. The molecule has 8 nitrogen and oxygen atoms in total. The molecule has 0 bridgehead atoms. The molecule has 1 saturated heterocycles. The third-order valence-corrected chi connectivity index (χ3v) is 5.88. The Morgan fingerprint density at radius 1 is 1.10 bits per heavy atom. The number of fused-ring (bicyclic) bond motifs is 1.